The monoisotopic (exact) mass is 448 g/mol. The highest BCUT2D eigenvalue weighted by Gasteiger charge is 2.08. The van der Waals surface area contributed by atoms with E-state index in [1.807, 2.05) is 6.07 Å². The first-order valence-corrected chi connectivity index (χ1v) is 9.55. The summed E-state index contributed by atoms with van der Waals surface area (Å²) >= 11 is 3.33. The third-order valence-electron chi connectivity index (χ3n) is 3.59. The van der Waals surface area contributed by atoms with Crippen molar-refractivity contribution in [2.75, 3.05) is 19.7 Å². The molecule has 0 fully saturated rings. The van der Waals surface area contributed by atoms with Gasteiger partial charge in [-0.25, -0.2) is 4.79 Å². The van der Waals surface area contributed by atoms with Gasteiger partial charge in [-0.1, -0.05) is 22.0 Å². The molecule has 0 heterocycles. The molecule has 0 atom stereocenters. The van der Waals surface area contributed by atoms with E-state index in [2.05, 4.69) is 31.3 Å². The Labute approximate surface area is 171 Å². The van der Waals surface area contributed by atoms with Gasteiger partial charge < -0.3 is 20.1 Å². The maximum absolute atomic E-state index is 12.1. The molecule has 2 amide bonds. The Balaban J connectivity index is 1.69. The van der Waals surface area contributed by atoms with Gasteiger partial charge in [-0.2, -0.15) is 0 Å². The van der Waals surface area contributed by atoms with E-state index in [0.29, 0.717) is 36.4 Å². The number of carbonyl (C=O) groups excluding carboxylic acids is 3. The molecule has 2 rings (SSSR count). The van der Waals surface area contributed by atoms with Crippen LogP contribution in [0.25, 0.3) is 0 Å². The minimum atomic E-state index is -0.787. The highest BCUT2D eigenvalue weighted by Crippen LogP contribution is 2.13. The Morgan fingerprint density at radius 2 is 1.57 bits per heavy atom. The molecule has 2 aromatic rings. The first-order valence-electron chi connectivity index (χ1n) is 8.76. The quantitative estimate of drug-likeness (QED) is 0.365. The predicted octanol–water partition coefficient (Wildman–Crippen LogP) is 3.53. The van der Waals surface area contributed by atoms with Crippen LogP contribution in [0, 0.1) is 0 Å². The second kappa shape index (κ2) is 11.1. The van der Waals surface area contributed by atoms with Gasteiger partial charge in [-0.15, -0.1) is 0 Å². The van der Waals surface area contributed by atoms with E-state index in [4.69, 9.17) is 4.74 Å². The van der Waals surface area contributed by atoms with Crippen LogP contribution in [0.1, 0.15) is 34.1 Å². The van der Waals surface area contributed by atoms with Crippen molar-refractivity contribution in [2.45, 2.75) is 13.3 Å². The second-order valence-electron chi connectivity index (χ2n) is 5.69. The van der Waals surface area contributed by atoms with E-state index in [9.17, 15) is 14.4 Å². The van der Waals surface area contributed by atoms with Gasteiger partial charge in [0.15, 0.2) is 0 Å². The first kappa shape index (κ1) is 21.4. The van der Waals surface area contributed by atoms with Gasteiger partial charge in [0.25, 0.3) is 11.8 Å². The SMILES string of the molecule is CCOC(=O)Oc1ccc(C(=O)NCCCNC(=O)c2cccc(Br)c2)cc1. The van der Waals surface area contributed by atoms with E-state index >= 15 is 0 Å². The summed E-state index contributed by atoms with van der Waals surface area (Å²) in [5.74, 6) is -0.115. The van der Waals surface area contributed by atoms with Crippen LogP contribution in [0.5, 0.6) is 5.75 Å². The van der Waals surface area contributed by atoms with Crippen molar-refractivity contribution in [3.8, 4) is 5.75 Å². The fourth-order valence-electron chi connectivity index (χ4n) is 2.24. The molecule has 0 aliphatic carbocycles. The number of carbonyl (C=O) groups is 3. The number of halogens is 1. The van der Waals surface area contributed by atoms with Crippen molar-refractivity contribution >= 4 is 33.9 Å². The topological polar surface area (TPSA) is 93.7 Å². The summed E-state index contributed by atoms with van der Waals surface area (Å²) in [6.07, 6.45) is -0.195. The number of rotatable bonds is 8. The van der Waals surface area contributed by atoms with E-state index < -0.39 is 6.16 Å². The Morgan fingerprint density at radius 1 is 0.929 bits per heavy atom. The molecule has 7 nitrogen and oxygen atoms in total. The van der Waals surface area contributed by atoms with Crippen LogP contribution >= 0.6 is 15.9 Å². The van der Waals surface area contributed by atoms with Crippen LogP contribution in [0.2, 0.25) is 0 Å². The number of hydrogen-bond acceptors (Lipinski definition) is 5. The van der Waals surface area contributed by atoms with Crippen molar-refractivity contribution in [1.82, 2.24) is 10.6 Å². The maximum atomic E-state index is 12.1. The summed E-state index contributed by atoms with van der Waals surface area (Å²) in [4.78, 5) is 35.3. The lowest BCUT2D eigenvalue weighted by molar-refractivity contribution is 0.0951. The fraction of sp³-hybridized carbons (Fsp3) is 0.250. The van der Waals surface area contributed by atoms with Crippen LogP contribution in [0.15, 0.2) is 53.0 Å². The number of ether oxygens (including phenoxy) is 2. The summed E-state index contributed by atoms with van der Waals surface area (Å²) in [7, 11) is 0. The number of amides is 2. The Kier molecular flexibility index (Phi) is 8.48. The molecule has 0 saturated carbocycles. The average Bonchev–Trinajstić information content (AvgIpc) is 2.68. The number of hydrogen-bond donors (Lipinski definition) is 2. The minimum absolute atomic E-state index is 0.162. The molecule has 0 aliphatic rings. The lowest BCUT2D eigenvalue weighted by atomic mass is 10.2. The normalized spacial score (nSPS) is 10.1. The molecule has 28 heavy (non-hydrogen) atoms. The van der Waals surface area contributed by atoms with Crippen LogP contribution in [0.3, 0.4) is 0 Å². The molecular weight excluding hydrogens is 428 g/mol. The lowest BCUT2D eigenvalue weighted by Crippen LogP contribution is -2.29. The van der Waals surface area contributed by atoms with E-state index in [1.165, 1.54) is 12.1 Å². The first-order chi connectivity index (χ1) is 13.5. The van der Waals surface area contributed by atoms with Crippen molar-refractivity contribution in [3.63, 3.8) is 0 Å². The van der Waals surface area contributed by atoms with Crippen molar-refractivity contribution < 1.29 is 23.9 Å². The lowest BCUT2D eigenvalue weighted by Gasteiger charge is -2.08. The second-order valence-corrected chi connectivity index (χ2v) is 6.60. The van der Waals surface area contributed by atoms with Gasteiger partial charge >= 0.3 is 6.16 Å². The van der Waals surface area contributed by atoms with Gasteiger partial charge in [0.2, 0.25) is 0 Å². The highest BCUT2D eigenvalue weighted by molar-refractivity contribution is 9.10. The molecule has 148 valence electrons. The standard InChI is InChI=1S/C20H21BrN2O5/c1-2-27-20(26)28-17-9-7-14(8-10-17)18(24)22-11-4-12-23-19(25)15-5-3-6-16(21)13-15/h3,5-10,13H,2,4,11-12H2,1H3,(H,22,24)(H,23,25). The van der Waals surface area contributed by atoms with Crippen molar-refractivity contribution in [2.24, 2.45) is 0 Å². The Hall–Kier alpha value is -2.87. The number of benzene rings is 2. The zero-order valence-electron chi connectivity index (χ0n) is 15.4. The largest absolute Gasteiger partial charge is 0.513 e. The fourth-order valence-corrected chi connectivity index (χ4v) is 2.64. The minimum Gasteiger partial charge on any atom is -0.434 e. The smallest absolute Gasteiger partial charge is 0.434 e. The molecule has 2 aromatic carbocycles. The molecule has 0 aliphatic heterocycles. The zero-order chi connectivity index (χ0) is 20.4. The molecule has 0 saturated heterocycles. The summed E-state index contributed by atoms with van der Waals surface area (Å²) in [6, 6.07) is 13.3. The zero-order valence-corrected chi connectivity index (χ0v) is 17.0. The number of nitrogens with one attached hydrogen (secondary N) is 2. The van der Waals surface area contributed by atoms with E-state index in [-0.39, 0.29) is 18.4 Å². The summed E-state index contributed by atoms with van der Waals surface area (Å²) < 4.78 is 10.4. The summed E-state index contributed by atoms with van der Waals surface area (Å²) in [5, 5.41) is 5.58. The Morgan fingerprint density at radius 3 is 2.18 bits per heavy atom. The molecule has 8 heteroatoms. The van der Waals surface area contributed by atoms with Crippen molar-refractivity contribution in [3.05, 3.63) is 64.1 Å². The van der Waals surface area contributed by atoms with Gasteiger partial charge in [-0.05, 0) is 55.8 Å². The van der Waals surface area contributed by atoms with E-state index in [0.717, 1.165) is 4.47 Å². The summed E-state index contributed by atoms with van der Waals surface area (Å²) in [6.45, 7) is 2.76. The maximum Gasteiger partial charge on any atom is 0.513 e. The third kappa shape index (κ3) is 7.03. The third-order valence-corrected chi connectivity index (χ3v) is 4.08. The molecule has 0 spiro atoms. The van der Waals surface area contributed by atoms with Crippen molar-refractivity contribution in [1.29, 1.82) is 0 Å². The van der Waals surface area contributed by atoms with Gasteiger partial charge in [0.1, 0.15) is 5.75 Å². The molecular formula is C20H21BrN2O5. The van der Waals surface area contributed by atoms with Gasteiger partial charge in [0.05, 0.1) is 6.61 Å². The van der Waals surface area contributed by atoms with Crippen LogP contribution < -0.4 is 15.4 Å². The average molecular weight is 449 g/mol. The van der Waals surface area contributed by atoms with Gasteiger partial charge in [-0.3, -0.25) is 9.59 Å². The molecule has 0 radical (unpaired) electrons. The highest BCUT2D eigenvalue weighted by atomic mass is 79.9. The molecule has 2 N–H and O–H groups in total. The molecule has 0 bridgehead atoms. The van der Waals surface area contributed by atoms with Crippen LogP contribution in [-0.4, -0.2) is 37.7 Å². The van der Waals surface area contributed by atoms with Crippen LogP contribution in [-0.2, 0) is 4.74 Å². The molecule has 0 aromatic heterocycles. The van der Waals surface area contributed by atoms with Crippen LogP contribution in [0.4, 0.5) is 4.79 Å². The predicted molar refractivity (Wildman–Crippen MR) is 108 cm³/mol. The Bertz CT molecular complexity index is 824. The van der Waals surface area contributed by atoms with E-state index in [1.54, 1.807) is 37.3 Å². The summed E-state index contributed by atoms with van der Waals surface area (Å²) in [5.41, 5.74) is 1.01. The van der Waals surface area contributed by atoms with Gasteiger partial charge in [0, 0.05) is 28.7 Å². The molecule has 0 unspecified atom stereocenters.